The van der Waals surface area contributed by atoms with Crippen molar-refractivity contribution in [2.75, 3.05) is 13.1 Å². The van der Waals surface area contributed by atoms with Gasteiger partial charge in [0.15, 0.2) is 11.5 Å². The lowest BCUT2D eigenvalue weighted by atomic mass is 10.1. The van der Waals surface area contributed by atoms with Crippen LogP contribution in [-0.4, -0.2) is 24.2 Å². The van der Waals surface area contributed by atoms with Crippen molar-refractivity contribution in [3.05, 3.63) is 35.9 Å². The first-order chi connectivity index (χ1) is 8.75. The Hall–Kier alpha value is -1.81. The number of carbonyl (C=O) groups is 1. The molecule has 0 aliphatic carbocycles. The molecule has 0 unspecified atom stereocenters. The molecular formula is C14H17NO3. The number of benzene rings is 1. The third-order valence-corrected chi connectivity index (χ3v) is 2.85. The van der Waals surface area contributed by atoms with Crippen LogP contribution < -0.4 is 10.1 Å². The third-order valence-electron chi connectivity index (χ3n) is 2.85. The number of phenolic OH excluding ortho intramolecular Hbond substituents is 1. The van der Waals surface area contributed by atoms with Crippen molar-refractivity contribution < 1.29 is 14.6 Å². The van der Waals surface area contributed by atoms with Crippen molar-refractivity contribution in [2.24, 2.45) is 0 Å². The van der Waals surface area contributed by atoms with Crippen LogP contribution in [0.2, 0.25) is 0 Å². The fraction of sp³-hybridized carbons (Fsp3) is 0.357. The highest BCUT2D eigenvalue weighted by atomic mass is 16.5. The van der Waals surface area contributed by atoms with E-state index in [2.05, 4.69) is 11.4 Å². The number of para-hydroxylation sites is 2. The summed E-state index contributed by atoms with van der Waals surface area (Å²) in [5.41, 5.74) is 1.25. The average molecular weight is 247 g/mol. The predicted molar refractivity (Wildman–Crippen MR) is 68.5 cm³/mol. The second-order valence-electron chi connectivity index (χ2n) is 4.27. The molecule has 0 radical (unpaired) electrons. The van der Waals surface area contributed by atoms with Crippen molar-refractivity contribution in [2.45, 2.75) is 19.3 Å². The molecule has 4 nitrogen and oxygen atoms in total. The molecule has 96 valence electrons. The summed E-state index contributed by atoms with van der Waals surface area (Å²) in [5.74, 6) is -0.106. The summed E-state index contributed by atoms with van der Waals surface area (Å²) >= 11 is 0. The molecule has 0 saturated carbocycles. The molecule has 1 heterocycles. The van der Waals surface area contributed by atoms with E-state index in [0.29, 0.717) is 12.8 Å². The first-order valence-electron chi connectivity index (χ1n) is 6.13. The van der Waals surface area contributed by atoms with Gasteiger partial charge in [-0.05, 0) is 31.5 Å². The second kappa shape index (κ2) is 6.21. The molecule has 1 aromatic carbocycles. The number of ether oxygens (including phenoxy) is 1. The number of hydrogen-bond donors (Lipinski definition) is 2. The maximum atomic E-state index is 11.6. The number of nitrogens with one attached hydrogen (secondary N) is 1. The van der Waals surface area contributed by atoms with Crippen LogP contribution in [0.15, 0.2) is 35.9 Å². The zero-order chi connectivity index (χ0) is 12.8. The van der Waals surface area contributed by atoms with E-state index in [-0.39, 0.29) is 17.5 Å². The van der Waals surface area contributed by atoms with Crippen molar-refractivity contribution in [3.63, 3.8) is 0 Å². The summed E-state index contributed by atoms with van der Waals surface area (Å²) in [6.07, 6.45) is 4.23. The van der Waals surface area contributed by atoms with E-state index in [4.69, 9.17) is 4.74 Å². The summed E-state index contributed by atoms with van der Waals surface area (Å²) in [6.45, 7) is 1.86. The van der Waals surface area contributed by atoms with Gasteiger partial charge in [-0.2, -0.15) is 0 Å². The highest BCUT2D eigenvalue weighted by molar-refractivity contribution is 5.73. The first kappa shape index (κ1) is 12.6. The molecule has 18 heavy (non-hydrogen) atoms. The number of hydrogen-bond acceptors (Lipinski definition) is 4. The van der Waals surface area contributed by atoms with Crippen molar-refractivity contribution in [1.82, 2.24) is 5.32 Å². The van der Waals surface area contributed by atoms with E-state index < -0.39 is 0 Å². The number of rotatable bonds is 4. The lowest BCUT2D eigenvalue weighted by Crippen LogP contribution is -2.22. The maximum Gasteiger partial charge on any atom is 0.311 e. The van der Waals surface area contributed by atoms with Gasteiger partial charge in [0.05, 0.1) is 0 Å². The van der Waals surface area contributed by atoms with Crippen LogP contribution in [0.4, 0.5) is 0 Å². The quantitative estimate of drug-likeness (QED) is 0.485. The lowest BCUT2D eigenvalue weighted by molar-refractivity contribution is -0.134. The Morgan fingerprint density at radius 1 is 1.39 bits per heavy atom. The highest BCUT2D eigenvalue weighted by Gasteiger charge is 2.10. The molecule has 1 aromatic rings. The fourth-order valence-electron chi connectivity index (χ4n) is 1.87. The molecule has 2 N–H and O–H groups in total. The minimum absolute atomic E-state index is 0.00982. The minimum atomic E-state index is -0.317. The SMILES string of the molecule is O=C(CCC1=CCCNC1)Oc1ccccc1O. The van der Waals surface area contributed by atoms with Gasteiger partial charge in [0.2, 0.25) is 0 Å². The molecule has 2 rings (SSSR count). The summed E-state index contributed by atoms with van der Waals surface area (Å²) in [5, 5.41) is 12.7. The van der Waals surface area contributed by atoms with Crippen molar-refractivity contribution in [3.8, 4) is 11.5 Å². The van der Waals surface area contributed by atoms with E-state index in [9.17, 15) is 9.90 Å². The van der Waals surface area contributed by atoms with Gasteiger partial charge < -0.3 is 15.2 Å². The third kappa shape index (κ3) is 3.60. The Bertz CT molecular complexity index is 454. The summed E-state index contributed by atoms with van der Waals surface area (Å²) < 4.78 is 5.10. The summed E-state index contributed by atoms with van der Waals surface area (Å²) in [6, 6.07) is 6.48. The zero-order valence-electron chi connectivity index (χ0n) is 10.2. The van der Waals surface area contributed by atoms with Gasteiger partial charge in [-0.15, -0.1) is 0 Å². The van der Waals surface area contributed by atoms with Crippen LogP contribution >= 0.6 is 0 Å². The molecule has 1 aliphatic heterocycles. The molecular weight excluding hydrogens is 230 g/mol. The molecule has 0 fully saturated rings. The molecule has 0 atom stereocenters. The van der Waals surface area contributed by atoms with Gasteiger partial charge in [-0.1, -0.05) is 23.8 Å². The van der Waals surface area contributed by atoms with Crippen molar-refractivity contribution in [1.29, 1.82) is 0 Å². The normalized spacial score (nSPS) is 15.0. The summed E-state index contributed by atoms with van der Waals surface area (Å²) in [4.78, 5) is 11.6. The van der Waals surface area contributed by atoms with E-state index in [1.54, 1.807) is 18.2 Å². The topological polar surface area (TPSA) is 58.6 Å². The average Bonchev–Trinajstić information content (AvgIpc) is 2.40. The minimum Gasteiger partial charge on any atom is -0.504 e. The highest BCUT2D eigenvalue weighted by Crippen LogP contribution is 2.25. The smallest absolute Gasteiger partial charge is 0.311 e. The largest absolute Gasteiger partial charge is 0.504 e. The summed E-state index contributed by atoms with van der Waals surface area (Å²) in [7, 11) is 0. The van der Waals surface area contributed by atoms with Crippen LogP contribution in [0, 0.1) is 0 Å². The van der Waals surface area contributed by atoms with Crippen LogP contribution in [0.3, 0.4) is 0 Å². The second-order valence-corrected chi connectivity index (χ2v) is 4.27. The first-order valence-corrected chi connectivity index (χ1v) is 6.13. The zero-order valence-corrected chi connectivity index (χ0v) is 10.2. The Morgan fingerprint density at radius 3 is 2.94 bits per heavy atom. The van der Waals surface area contributed by atoms with Gasteiger partial charge in [-0.25, -0.2) is 0 Å². The van der Waals surface area contributed by atoms with Crippen molar-refractivity contribution >= 4 is 5.97 Å². The predicted octanol–water partition coefficient (Wildman–Crippen LogP) is 2.00. The molecule has 0 saturated heterocycles. The molecule has 1 aliphatic rings. The molecule has 0 spiro atoms. The Balaban J connectivity index is 1.82. The molecule has 0 aromatic heterocycles. The number of esters is 1. The Labute approximate surface area is 106 Å². The van der Waals surface area contributed by atoms with Gasteiger partial charge in [-0.3, -0.25) is 4.79 Å². The Morgan fingerprint density at radius 2 is 2.22 bits per heavy atom. The van der Waals surface area contributed by atoms with E-state index >= 15 is 0 Å². The fourth-order valence-corrected chi connectivity index (χ4v) is 1.87. The van der Waals surface area contributed by atoms with Crippen LogP contribution in [0.1, 0.15) is 19.3 Å². The van der Waals surface area contributed by atoms with Gasteiger partial charge in [0.1, 0.15) is 0 Å². The number of phenols is 1. The lowest BCUT2D eigenvalue weighted by Gasteiger charge is -2.13. The Kier molecular flexibility index (Phi) is 4.36. The van der Waals surface area contributed by atoms with E-state index in [1.807, 2.05) is 0 Å². The maximum absolute atomic E-state index is 11.6. The van der Waals surface area contributed by atoms with Gasteiger partial charge in [0.25, 0.3) is 0 Å². The molecule has 0 amide bonds. The molecule has 4 heteroatoms. The van der Waals surface area contributed by atoms with E-state index in [1.165, 1.54) is 11.6 Å². The van der Waals surface area contributed by atoms with E-state index in [0.717, 1.165) is 19.5 Å². The van der Waals surface area contributed by atoms with Crippen LogP contribution in [-0.2, 0) is 4.79 Å². The van der Waals surface area contributed by atoms with Crippen LogP contribution in [0.25, 0.3) is 0 Å². The number of carbonyl (C=O) groups excluding carboxylic acids is 1. The standard InChI is InChI=1S/C14H17NO3/c16-12-5-1-2-6-13(12)18-14(17)8-7-11-4-3-9-15-10-11/h1-2,4-6,15-16H,3,7-10H2. The van der Waals surface area contributed by atoms with Gasteiger partial charge in [0, 0.05) is 13.0 Å². The van der Waals surface area contributed by atoms with Crippen LogP contribution in [0.5, 0.6) is 11.5 Å². The molecule has 0 bridgehead atoms. The monoisotopic (exact) mass is 247 g/mol. The number of aromatic hydroxyl groups is 1. The van der Waals surface area contributed by atoms with Gasteiger partial charge >= 0.3 is 5.97 Å².